The molecule has 22 heavy (non-hydrogen) atoms. The highest BCUT2D eigenvalue weighted by molar-refractivity contribution is 6.05. The van der Waals surface area contributed by atoms with E-state index in [2.05, 4.69) is 20.8 Å². The second kappa shape index (κ2) is 5.96. The smallest absolute Gasteiger partial charge is 0.291 e. The van der Waals surface area contributed by atoms with Crippen LogP contribution in [0.5, 0.6) is 0 Å². The Morgan fingerprint density at radius 3 is 2.41 bits per heavy atom. The number of anilines is 2. The number of carbonyl (C=O) groups is 2. The molecule has 2 heterocycles. The van der Waals surface area contributed by atoms with Gasteiger partial charge in [0.2, 0.25) is 0 Å². The predicted molar refractivity (Wildman–Crippen MR) is 79.6 cm³/mol. The molecule has 0 spiro atoms. The SMILES string of the molecule is O=C(Nc1cn[nH]c1)c1ccc(NC(=O)c2ccco2)cc1. The van der Waals surface area contributed by atoms with Gasteiger partial charge >= 0.3 is 0 Å². The number of amides is 2. The molecule has 0 unspecified atom stereocenters. The van der Waals surface area contributed by atoms with Crippen molar-refractivity contribution in [2.24, 2.45) is 0 Å². The molecular weight excluding hydrogens is 284 g/mol. The first-order chi connectivity index (χ1) is 10.7. The average molecular weight is 296 g/mol. The van der Waals surface area contributed by atoms with Crippen molar-refractivity contribution in [3.8, 4) is 0 Å². The maximum atomic E-state index is 12.0. The molecule has 1 aromatic carbocycles. The number of nitrogens with one attached hydrogen (secondary N) is 3. The molecule has 0 aliphatic rings. The highest BCUT2D eigenvalue weighted by Gasteiger charge is 2.10. The van der Waals surface area contributed by atoms with Crippen LogP contribution >= 0.6 is 0 Å². The Bertz CT molecular complexity index is 762. The van der Waals surface area contributed by atoms with E-state index in [1.54, 1.807) is 42.6 Å². The largest absolute Gasteiger partial charge is 0.459 e. The topological polar surface area (TPSA) is 100 Å². The molecule has 3 rings (SSSR count). The van der Waals surface area contributed by atoms with Crippen LogP contribution in [0.4, 0.5) is 11.4 Å². The number of carbonyl (C=O) groups excluding carboxylic acids is 2. The number of aromatic nitrogens is 2. The van der Waals surface area contributed by atoms with Gasteiger partial charge in [0.05, 0.1) is 18.1 Å². The summed E-state index contributed by atoms with van der Waals surface area (Å²) in [7, 11) is 0. The number of furan rings is 1. The fourth-order valence-corrected chi connectivity index (χ4v) is 1.83. The molecule has 0 aliphatic heterocycles. The Balaban J connectivity index is 1.65. The average Bonchev–Trinajstić information content (AvgIpc) is 3.21. The van der Waals surface area contributed by atoms with Gasteiger partial charge < -0.3 is 15.1 Å². The van der Waals surface area contributed by atoms with Gasteiger partial charge in [-0.2, -0.15) is 5.10 Å². The van der Waals surface area contributed by atoms with Crippen LogP contribution in [0, 0.1) is 0 Å². The molecular formula is C15H12N4O3. The molecule has 2 amide bonds. The lowest BCUT2D eigenvalue weighted by Crippen LogP contribution is -2.13. The van der Waals surface area contributed by atoms with E-state index in [0.29, 0.717) is 16.9 Å². The molecule has 0 saturated heterocycles. The van der Waals surface area contributed by atoms with E-state index in [1.165, 1.54) is 12.5 Å². The highest BCUT2D eigenvalue weighted by atomic mass is 16.3. The van der Waals surface area contributed by atoms with Crippen LogP contribution in [0.2, 0.25) is 0 Å². The minimum atomic E-state index is -0.347. The number of hydrogen-bond donors (Lipinski definition) is 3. The Kier molecular flexibility index (Phi) is 3.69. The molecule has 0 aliphatic carbocycles. The van der Waals surface area contributed by atoms with Crippen LogP contribution in [-0.2, 0) is 0 Å². The fourth-order valence-electron chi connectivity index (χ4n) is 1.83. The van der Waals surface area contributed by atoms with Crippen molar-refractivity contribution in [2.45, 2.75) is 0 Å². The standard InChI is InChI=1S/C15H12N4O3/c20-14(19-12-8-16-17-9-12)10-3-5-11(6-4-10)18-15(21)13-2-1-7-22-13/h1-9H,(H,16,17)(H,18,21)(H,19,20). The van der Waals surface area contributed by atoms with Gasteiger partial charge in [0, 0.05) is 17.4 Å². The molecule has 2 aromatic heterocycles. The Labute approximate surface area is 125 Å². The van der Waals surface area contributed by atoms with Gasteiger partial charge in [0.1, 0.15) is 0 Å². The summed E-state index contributed by atoms with van der Waals surface area (Å²) in [6, 6.07) is 9.73. The van der Waals surface area contributed by atoms with Crippen molar-refractivity contribution in [3.63, 3.8) is 0 Å². The van der Waals surface area contributed by atoms with E-state index in [1.807, 2.05) is 0 Å². The van der Waals surface area contributed by atoms with Crippen LogP contribution in [0.15, 0.2) is 59.5 Å². The summed E-state index contributed by atoms with van der Waals surface area (Å²) in [6.07, 6.45) is 4.52. The highest BCUT2D eigenvalue weighted by Crippen LogP contribution is 2.13. The quantitative estimate of drug-likeness (QED) is 0.688. The van der Waals surface area contributed by atoms with E-state index < -0.39 is 0 Å². The van der Waals surface area contributed by atoms with Crippen molar-refractivity contribution >= 4 is 23.2 Å². The van der Waals surface area contributed by atoms with Crippen LogP contribution in [0.25, 0.3) is 0 Å². The third-order valence-corrected chi connectivity index (χ3v) is 2.91. The van der Waals surface area contributed by atoms with Crippen molar-refractivity contribution in [1.82, 2.24) is 10.2 Å². The second-order valence-corrected chi connectivity index (χ2v) is 4.45. The predicted octanol–water partition coefficient (Wildman–Crippen LogP) is 2.51. The first kappa shape index (κ1) is 13.6. The molecule has 0 radical (unpaired) electrons. The van der Waals surface area contributed by atoms with Crippen LogP contribution in [0.3, 0.4) is 0 Å². The third-order valence-electron chi connectivity index (χ3n) is 2.91. The lowest BCUT2D eigenvalue weighted by molar-refractivity contribution is 0.0995. The van der Waals surface area contributed by atoms with Crippen LogP contribution in [0.1, 0.15) is 20.9 Å². The summed E-state index contributed by atoms with van der Waals surface area (Å²) in [6.45, 7) is 0. The third kappa shape index (κ3) is 3.04. The van der Waals surface area contributed by atoms with E-state index in [9.17, 15) is 9.59 Å². The summed E-state index contributed by atoms with van der Waals surface area (Å²) < 4.78 is 5.00. The van der Waals surface area contributed by atoms with Gasteiger partial charge in [0.25, 0.3) is 11.8 Å². The number of hydrogen-bond acceptors (Lipinski definition) is 4. The number of rotatable bonds is 4. The van der Waals surface area contributed by atoms with Crippen molar-refractivity contribution in [1.29, 1.82) is 0 Å². The Morgan fingerprint density at radius 1 is 1.00 bits per heavy atom. The zero-order valence-electron chi connectivity index (χ0n) is 11.4. The number of nitrogens with zero attached hydrogens (tertiary/aromatic N) is 1. The first-order valence-corrected chi connectivity index (χ1v) is 6.47. The molecule has 3 aromatic rings. The molecule has 3 N–H and O–H groups in total. The fraction of sp³-hybridized carbons (Fsp3) is 0. The maximum absolute atomic E-state index is 12.0. The lowest BCUT2D eigenvalue weighted by Gasteiger charge is -2.05. The summed E-state index contributed by atoms with van der Waals surface area (Å²) >= 11 is 0. The normalized spacial score (nSPS) is 10.2. The minimum absolute atomic E-state index is 0.224. The number of aromatic amines is 1. The molecule has 0 bridgehead atoms. The van der Waals surface area contributed by atoms with Crippen molar-refractivity contribution in [3.05, 3.63) is 66.4 Å². The second-order valence-electron chi connectivity index (χ2n) is 4.45. The molecule has 0 saturated carbocycles. The molecule has 7 nitrogen and oxygen atoms in total. The summed E-state index contributed by atoms with van der Waals surface area (Å²) in [4.78, 5) is 23.8. The van der Waals surface area contributed by atoms with Gasteiger partial charge in [-0.3, -0.25) is 14.7 Å². The van der Waals surface area contributed by atoms with Crippen molar-refractivity contribution in [2.75, 3.05) is 10.6 Å². The molecule has 0 fully saturated rings. The van der Waals surface area contributed by atoms with E-state index in [-0.39, 0.29) is 17.6 Å². The number of benzene rings is 1. The first-order valence-electron chi connectivity index (χ1n) is 6.47. The van der Waals surface area contributed by atoms with Gasteiger partial charge in [-0.15, -0.1) is 0 Å². The Hall–Kier alpha value is -3.35. The van der Waals surface area contributed by atoms with Crippen LogP contribution < -0.4 is 10.6 Å². The molecule has 110 valence electrons. The van der Waals surface area contributed by atoms with Gasteiger partial charge in [-0.25, -0.2) is 0 Å². The molecule has 0 atom stereocenters. The lowest BCUT2D eigenvalue weighted by atomic mass is 10.2. The summed E-state index contributed by atoms with van der Waals surface area (Å²) in [5, 5.41) is 11.7. The van der Waals surface area contributed by atoms with E-state index in [0.717, 1.165) is 0 Å². The zero-order valence-corrected chi connectivity index (χ0v) is 11.4. The van der Waals surface area contributed by atoms with Gasteiger partial charge in [-0.1, -0.05) is 0 Å². The Morgan fingerprint density at radius 2 is 1.77 bits per heavy atom. The molecule has 7 heteroatoms. The van der Waals surface area contributed by atoms with E-state index in [4.69, 9.17) is 4.42 Å². The zero-order chi connectivity index (χ0) is 15.4. The maximum Gasteiger partial charge on any atom is 0.291 e. The van der Waals surface area contributed by atoms with Gasteiger partial charge in [-0.05, 0) is 36.4 Å². The minimum Gasteiger partial charge on any atom is -0.459 e. The number of H-pyrrole nitrogens is 1. The summed E-state index contributed by atoms with van der Waals surface area (Å²) in [5.74, 6) is -0.382. The van der Waals surface area contributed by atoms with Crippen molar-refractivity contribution < 1.29 is 14.0 Å². The van der Waals surface area contributed by atoms with Crippen LogP contribution in [-0.4, -0.2) is 22.0 Å². The monoisotopic (exact) mass is 296 g/mol. The van der Waals surface area contributed by atoms with Gasteiger partial charge in [0.15, 0.2) is 5.76 Å². The van der Waals surface area contributed by atoms with E-state index >= 15 is 0 Å². The summed E-state index contributed by atoms with van der Waals surface area (Å²) in [5.41, 5.74) is 1.62.